The fraction of sp³-hybridized carbons (Fsp3) is 0.611. The molecule has 1 saturated carbocycles. The molecule has 1 heterocycles. The number of carbonyl (C=O) groups is 1. The van der Waals surface area contributed by atoms with Gasteiger partial charge in [-0.05, 0) is 43.0 Å². The molecule has 0 bridgehead atoms. The van der Waals surface area contributed by atoms with Gasteiger partial charge in [0.1, 0.15) is 5.82 Å². The molecule has 2 N–H and O–H groups in total. The smallest absolute Gasteiger partial charge is 0.234 e. The number of hydrogen-bond donors (Lipinski definition) is 2. The molecule has 3 rings (SSSR count). The van der Waals surface area contributed by atoms with Crippen LogP contribution in [0.15, 0.2) is 24.3 Å². The largest absolute Gasteiger partial charge is 0.379 e. The van der Waals surface area contributed by atoms with Crippen LogP contribution in [0.4, 0.5) is 4.39 Å². The third-order valence-electron chi connectivity index (χ3n) is 4.63. The van der Waals surface area contributed by atoms with E-state index in [1.165, 1.54) is 18.9 Å². The van der Waals surface area contributed by atoms with Gasteiger partial charge in [-0.25, -0.2) is 4.39 Å². The van der Waals surface area contributed by atoms with Gasteiger partial charge in [0.15, 0.2) is 0 Å². The summed E-state index contributed by atoms with van der Waals surface area (Å²) >= 11 is 0. The average molecular weight is 408 g/mol. The summed E-state index contributed by atoms with van der Waals surface area (Å²) in [6.07, 6.45) is 2.54. The van der Waals surface area contributed by atoms with Gasteiger partial charge in [-0.2, -0.15) is 0 Å². The molecule has 26 heavy (non-hydrogen) atoms. The fourth-order valence-electron chi connectivity index (χ4n) is 3.05. The molecular formula is C18H28Cl2FN3O2. The fourth-order valence-corrected chi connectivity index (χ4v) is 3.05. The molecule has 1 unspecified atom stereocenters. The van der Waals surface area contributed by atoms with Crippen molar-refractivity contribution < 1.29 is 13.9 Å². The van der Waals surface area contributed by atoms with E-state index in [0.717, 1.165) is 31.1 Å². The lowest BCUT2D eigenvalue weighted by Crippen LogP contribution is -2.45. The van der Waals surface area contributed by atoms with Crippen LogP contribution in [0.5, 0.6) is 0 Å². The Hall–Kier alpha value is -0.920. The van der Waals surface area contributed by atoms with E-state index in [-0.39, 0.29) is 42.6 Å². The first-order valence-corrected chi connectivity index (χ1v) is 8.77. The standard InChI is InChI=1S/C18H26FN3O2.2ClH/c19-16-3-1-2-15(10-16)17(22-6-8-24-9-7-22)12-21-18(23)13-20-11-14-4-5-14;;/h1-3,10,14,17,20H,4-9,11-13H2,(H,21,23);2*1H. The van der Waals surface area contributed by atoms with Crippen LogP contribution in [0.25, 0.3) is 0 Å². The zero-order valence-electron chi connectivity index (χ0n) is 14.8. The molecule has 1 atom stereocenters. The minimum Gasteiger partial charge on any atom is -0.379 e. The zero-order valence-corrected chi connectivity index (χ0v) is 16.4. The number of ether oxygens (including phenoxy) is 1. The summed E-state index contributed by atoms with van der Waals surface area (Å²) < 4.78 is 19.0. The van der Waals surface area contributed by atoms with Crippen molar-refractivity contribution in [3.8, 4) is 0 Å². The van der Waals surface area contributed by atoms with Gasteiger partial charge in [0.25, 0.3) is 0 Å². The van der Waals surface area contributed by atoms with Crippen molar-refractivity contribution in [3.05, 3.63) is 35.6 Å². The van der Waals surface area contributed by atoms with E-state index in [1.54, 1.807) is 12.1 Å². The third-order valence-corrected chi connectivity index (χ3v) is 4.63. The van der Waals surface area contributed by atoms with Crippen LogP contribution >= 0.6 is 24.8 Å². The van der Waals surface area contributed by atoms with Gasteiger partial charge in [0.2, 0.25) is 5.91 Å². The molecule has 1 amide bonds. The second kappa shape index (κ2) is 11.7. The van der Waals surface area contributed by atoms with Crippen LogP contribution in [0.2, 0.25) is 0 Å². The number of halogens is 3. The van der Waals surface area contributed by atoms with Crippen molar-refractivity contribution in [2.75, 3.05) is 45.9 Å². The van der Waals surface area contributed by atoms with E-state index in [2.05, 4.69) is 15.5 Å². The number of hydrogen-bond acceptors (Lipinski definition) is 4. The molecule has 1 aromatic carbocycles. The number of benzene rings is 1. The molecule has 1 aliphatic heterocycles. The van der Waals surface area contributed by atoms with Gasteiger partial charge in [-0.3, -0.25) is 9.69 Å². The SMILES string of the molecule is Cl.Cl.O=C(CNCC1CC1)NCC(c1cccc(F)c1)N1CCOCC1. The second-order valence-electron chi connectivity index (χ2n) is 6.60. The van der Waals surface area contributed by atoms with Crippen LogP contribution < -0.4 is 10.6 Å². The minimum absolute atomic E-state index is 0. The summed E-state index contributed by atoms with van der Waals surface area (Å²) in [5.74, 6) is 0.500. The Balaban J connectivity index is 0.00000169. The minimum atomic E-state index is -0.247. The highest BCUT2D eigenvalue weighted by Crippen LogP contribution is 2.27. The Bertz CT molecular complexity index is 555. The van der Waals surface area contributed by atoms with Crippen molar-refractivity contribution in [1.82, 2.24) is 15.5 Å². The summed E-state index contributed by atoms with van der Waals surface area (Å²) in [6, 6.07) is 6.60. The summed E-state index contributed by atoms with van der Waals surface area (Å²) in [5, 5.41) is 6.18. The van der Waals surface area contributed by atoms with E-state index in [9.17, 15) is 9.18 Å². The molecule has 1 aromatic rings. The number of rotatable bonds is 8. The molecule has 0 spiro atoms. The van der Waals surface area contributed by atoms with Crippen LogP contribution in [-0.2, 0) is 9.53 Å². The molecular weight excluding hydrogens is 380 g/mol. The van der Waals surface area contributed by atoms with Crippen molar-refractivity contribution in [1.29, 1.82) is 0 Å². The van der Waals surface area contributed by atoms with Gasteiger partial charge in [-0.1, -0.05) is 12.1 Å². The average Bonchev–Trinajstić information content (AvgIpc) is 3.40. The molecule has 2 aliphatic rings. The van der Waals surface area contributed by atoms with Crippen LogP contribution in [0, 0.1) is 11.7 Å². The summed E-state index contributed by atoms with van der Waals surface area (Å²) in [6.45, 7) is 4.66. The highest BCUT2D eigenvalue weighted by atomic mass is 35.5. The Morgan fingerprint density at radius 1 is 1.27 bits per heavy atom. The van der Waals surface area contributed by atoms with E-state index in [4.69, 9.17) is 4.74 Å². The van der Waals surface area contributed by atoms with E-state index in [1.807, 2.05) is 6.07 Å². The Labute approximate surface area is 166 Å². The molecule has 1 saturated heterocycles. The molecule has 0 radical (unpaired) electrons. The predicted molar refractivity (Wildman–Crippen MR) is 105 cm³/mol. The number of carbonyl (C=O) groups excluding carboxylic acids is 1. The van der Waals surface area contributed by atoms with Crippen molar-refractivity contribution >= 4 is 30.7 Å². The summed E-state index contributed by atoms with van der Waals surface area (Å²) in [7, 11) is 0. The molecule has 8 heteroatoms. The van der Waals surface area contributed by atoms with Gasteiger partial charge in [0, 0.05) is 19.6 Å². The molecule has 1 aliphatic carbocycles. The summed E-state index contributed by atoms with van der Waals surface area (Å²) in [5.41, 5.74) is 0.892. The van der Waals surface area contributed by atoms with E-state index in [0.29, 0.717) is 26.3 Å². The first-order valence-electron chi connectivity index (χ1n) is 8.77. The first kappa shape index (κ1) is 23.1. The van der Waals surface area contributed by atoms with Crippen LogP contribution in [0.3, 0.4) is 0 Å². The van der Waals surface area contributed by atoms with Crippen molar-refractivity contribution in [2.24, 2.45) is 5.92 Å². The van der Waals surface area contributed by atoms with Gasteiger partial charge < -0.3 is 15.4 Å². The molecule has 0 aromatic heterocycles. The topological polar surface area (TPSA) is 53.6 Å². The highest BCUT2D eigenvalue weighted by Gasteiger charge is 2.24. The molecule has 2 fully saturated rings. The maximum absolute atomic E-state index is 13.6. The number of nitrogens with zero attached hydrogens (tertiary/aromatic N) is 1. The molecule has 5 nitrogen and oxygen atoms in total. The van der Waals surface area contributed by atoms with Crippen molar-refractivity contribution in [2.45, 2.75) is 18.9 Å². The van der Waals surface area contributed by atoms with Gasteiger partial charge in [0.05, 0.1) is 25.8 Å². The lowest BCUT2D eigenvalue weighted by Gasteiger charge is -2.35. The van der Waals surface area contributed by atoms with Crippen molar-refractivity contribution in [3.63, 3.8) is 0 Å². The zero-order chi connectivity index (χ0) is 16.8. The predicted octanol–water partition coefficient (Wildman–Crippen LogP) is 2.16. The maximum atomic E-state index is 13.6. The van der Waals surface area contributed by atoms with Crippen LogP contribution in [-0.4, -0.2) is 56.7 Å². The number of amides is 1. The third kappa shape index (κ3) is 7.37. The maximum Gasteiger partial charge on any atom is 0.234 e. The monoisotopic (exact) mass is 407 g/mol. The van der Waals surface area contributed by atoms with Gasteiger partial charge in [-0.15, -0.1) is 24.8 Å². The Morgan fingerprint density at radius 3 is 2.65 bits per heavy atom. The quantitative estimate of drug-likeness (QED) is 0.693. The lowest BCUT2D eigenvalue weighted by atomic mass is 10.0. The van der Waals surface area contributed by atoms with Gasteiger partial charge >= 0.3 is 0 Å². The van der Waals surface area contributed by atoms with E-state index >= 15 is 0 Å². The van der Waals surface area contributed by atoms with E-state index < -0.39 is 0 Å². The Kier molecular flexibility index (Phi) is 10.4. The number of morpholine rings is 1. The Morgan fingerprint density at radius 2 is 2.00 bits per heavy atom. The highest BCUT2D eigenvalue weighted by molar-refractivity contribution is 5.85. The first-order chi connectivity index (χ1) is 11.7. The van der Waals surface area contributed by atoms with Crippen LogP contribution in [0.1, 0.15) is 24.4 Å². The summed E-state index contributed by atoms with van der Waals surface area (Å²) in [4.78, 5) is 14.3. The second-order valence-corrected chi connectivity index (χ2v) is 6.60. The number of nitrogens with one attached hydrogen (secondary N) is 2. The normalized spacial score (nSPS) is 18.3. The molecule has 148 valence electrons. The lowest BCUT2D eigenvalue weighted by molar-refractivity contribution is -0.120.